The predicted molar refractivity (Wildman–Crippen MR) is 58.5 cm³/mol. The summed E-state index contributed by atoms with van der Waals surface area (Å²) in [6, 6.07) is 8.14. The molecule has 0 amide bonds. The maximum absolute atomic E-state index is 5.78. The number of pyridine rings is 1. The number of benzene rings is 1. The molecule has 0 spiro atoms. The highest BCUT2D eigenvalue weighted by Crippen LogP contribution is 2.22. The van der Waals surface area contributed by atoms with Gasteiger partial charge in [-0.3, -0.25) is 0 Å². The summed E-state index contributed by atoms with van der Waals surface area (Å²) >= 11 is 7.50. The van der Waals surface area contributed by atoms with Gasteiger partial charge in [0.25, 0.3) is 0 Å². The van der Waals surface area contributed by atoms with Crippen molar-refractivity contribution in [3.8, 4) is 0 Å². The van der Waals surface area contributed by atoms with Crippen LogP contribution in [0.15, 0.2) is 35.4 Å². The van der Waals surface area contributed by atoms with E-state index in [-0.39, 0.29) is 0 Å². The normalized spacial score (nSPS) is 10.6. The van der Waals surface area contributed by atoms with Gasteiger partial charge in [0.05, 0.1) is 0 Å². The quantitative estimate of drug-likeness (QED) is 0.526. The van der Waals surface area contributed by atoms with Crippen LogP contribution in [0.4, 0.5) is 0 Å². The molecule has 1 nitrogen and oxygen atoms in total. The Bertz CT molecular complexity index is 442. The zero-order chi connectivity index (χ0) is 9.26. The lowest BCUT2D eigenvalue weighted by molar-refractivity contribution is 1.35. The van der Waals surface area contributed by atoms with Crippen LogP contribution in [-0.4, -0.2) is 11.2 Å². The lowest BCUT2D eigenvalue weighted by Gasteiger charge is -2.00. The number of nitrogens with zero attached hydrogens (tertiary/aromatic N) is 1. The molecular weight excluding hydrogens is 202 g/mol. The first kappa shape index (κ1) is 8.85. The summed E-state index contributed by atoms with van der Waals surface area (Å²) in [6.45, 7) is 0. The standard InChI is InChI=1S/C10H8ClNS/c1-13-9-3-2-7-5-10(11)12-6-8(7)4-9/h2-6H,1H3. The Labute approximate surface area is 86.1 Å². The molecule has 0 radical (unpaired) electrons. The summed E-state index contributed by atoms with van der Waals surface area (Å²) < 4.78 is 0. The molecule has 1 aromatic heterocycles. The number of hydrogen-bond donors (Lipinski definition) is 0. The molecule has 13 heavy (non-hydrogen) atoms. The average molecular weight is 210 g/mol. The minimum absolute atomic E-state index is 0.546. The molecule has 0 aliphatic rings. The summed E-state index contributed by atoms with van der Waals surface area (Å²) in [5, 5.41) is 2.82. The maximum Gasteiger partial charge on any atom is 0.129 e. The van der Waals surface area contributed by atoms with Gasteiger partial charge in [0.2, 0.25) is 0 Å². The van der Waals surface area contributed by atoms with E-state index in [1.54, 1.807) is 18.0 Å². The molecule has 0 fully saturated rings. The average Bonchev–Trinajstić information content (AvgIpc) is 2.17. The van der Waals surface area contributed by atoms with Crippen molar-refractivity contribution in [2.45, 2.75) is 4.90 Å². The third-order valence-electron chi connectivity index (χ3n) is 1.90. The molecule has 1 aromatic carbocycles. The highest BCUT2D eigenvalue weighted by molar-refractivity contribution is 7.98. The molecule has 0 unspecified atom stereocenters. The summed E-state index contributed by atoms with van der Waals surface area (Å²) in [5.41, 5.74) is 0. The highest BCUT2D eigenvalue weighted by Gasteiger charge is 1.96. The molecule has 0 aliphatic heterocycles. The van der Waals surface area contributed by atoms with Crippen LogP contribution in [0.1, 0.15) is 0 Å². The summed E-state index contributed by atoms with van der Waals surface area (Å²) in [6.07, 6.45) is 3.86. The van der Waals surface area contributed by atoms with E-state index in [2.05, 4.69) is 29.4 Å². The number of fused-ring (bicyclic) bond motifs is 1. The molecule has 1 heterocycles. The van der Waals surface area contributed by atoms with Crippen LogP contribution in [0.2, 0.25) is 5.15 Å². The summed E-state index contributed by atoms with van der Waals surface area (Å²) in [4.78, 5) is 5.29. The number of thioether (sulfide) groups is 1. The van der Waals surface area contributed by atoms with Crippen molar-refractivity contribution >= 4 is 34.1 Å². The number of halogens is 1. The zero-order valence-electron chi connectivity index (χ0n) is 7.12. The first-order chi connectivity index (χ1) is 6.29. The molecule has 0 saturated heterocycles. The molecule has 3 heteroatoms. The van der Waals surface area contributed by atoms with E-state index >= 15 is 0 Å². The minimum atomic E-state index is 0.546. The Morgan fingerprint density at radius 2 is 2.08 bits per heavy atom. The summed E-state index contributed by atoms with van der Waals surface area (Å²) in [7, 11) is 0. The highest BCUT2D eigenvalue weighted by atomic mass is 35.5. The largest absolute Gasteiger partial charge is 0.244 e. The predicted octanol–water partition coefficient (Wildman–Crippen LogP) is 3.61. The van der Waals surface area contributed by atoms with Crippen LogP contribution >= 0.6 is 23.4 Å². The fourth-order valence-corrected chi connectivity index (χ4v) is 1.84. The fraction of sp³-hybridized carbons (Fsp3) is 0.100. The van der Waals surface area contributed by atoms with Crippen LogP contribution in [0, 0.1) is 0 Å². The van der Waals surface area contributed by atoms with Crippen LogP contribution < -0.4 is 0 Å². The van der Waals surface area contributed by atoms with Gasteiger partial charge >= 0.3 is 0 Å². The van der Waals surface area contributed by atoms with E-state index in [9.17, 15) is 0 Å². The van der Waals surface area contributed by atoms with Gasteiger partial charge in [-0.25, -0.2) is 4.98 Å². The third kappa shape index (κ3) is 1.79. The molecule has 0 saturated carbocycles. The van der Waals surface area contributed by atoms with Gasteiger partial charge in [0, 0.05) is 16.5 Å². The van der Waals surface area contributed by atoms with E-state index in [1.165, 1.54) is 4.90 Å². The van der Waals surface area contributed by atoms with Gasteiger partial charge in [-0.1, -0.05) is 17.7 Å². The van der Waals surface area contributed by atoms with E-state index < -0.39 is 0 Å². The van der Waals surface area contributed by atoms with Crippen molar-refractivity contribution in [2.24, 2.45) is 0 Å². The Morgan fingerprint density at radius 3 is 2.85 bits per heavy atom. The molecule has 2 aromatic rings. The molecule has 0 aliphatic carbocycles. The molecular formula is C10H8ClNS. The van der Waals surface area contributed by atoms with Gasteiger partial charge in [0.1, 0.15) is 5.15 Å². The van der Waals surface area contributed by atoms with Crippen molar-refractivity contribution < 1.29 is 0 Å². The second kappa shape index (κ2) is 3.56. The Balaban J connectivity index is 2.66. The molecule has 0 atom stereocenters. The smallest absolute Gasteiger partial charge is 0.129 e. The van der Waals surface area contributed by atoms with Gasteiger partial charge in [-0.15, -0.1) is 11.8 Å². The fourth-order valence-electron chi connectivity index (χ4n) is 1.22. The van der Waals surface area contributed by atoms with Crippen LogP contribution in [0.5, 0.6) is 0 Å². The zero-order valence-corrected chi connectivity index (χ0v) is 8.69. The van der Waals surface area contributed by atoms with Gasteiger partial charge in [-0.2, -0.15) is 0 Å². The first-order valence-corrected chi connectivity index (χ1v) is 5.49. The van der Waals surface area contributed by atoms with Crippen molar-refractivity contribution in [1.29, 1.82) is 0 Å². The Kier molecular flexibility index (Phi) is 2.42. The van der Waals surface area contributed by atoms with Crippen LogP contribution in [0.3, 0.4) is 0 Å². The van der Waals surface area contributed by atoms with Gasteiger partial charge in [-0.05, 0) is 29.8 Å². The number of hydrogen-bond acceptors (Lipinski definition) is 2. The van der Waals surface area contributed by atoms with E-state index in [1.807, 2.05) is 6.07 Å². The number of rotatable bonds is 1. The van der Waals surface area contributed by atoms with Crippen LogP contribution in [-0.2, 0) is 0 Å². The van der Waals surface area contributed by atoms with Crippen molar-refractivity contribution in [3.63, 3.8) is 0 Å². The van der Waals surface area contributed by atoms with Gasteiger partial charge < -0.3 is 0 Å². The molecule has 0 N–H and O–H groups in total. The second-order valence-corrected chi connectivity index (χ2v) is 3.99. The number of aromatic nitrogens is 1. The van der Waals surface area contributed by atoms with Gasteiger partial charge in [0.15, 0.2) is 0 Å². The van der Waals surface area contributed by atoms with Crippen molar-refractivity contribution in [3.05, 3.63) is 35.6 Å². The molecule has 66 valence electrons. The lowest BCUT2D eigenvalue weighted by Crippen LogP contribution is -1.78. The Morgan fingerprint density at radius 1 is 1.23 bits per heavy atom. The third-order valence-corrected chi connectivity index (χ3v) is 2.83. The molecule has 0 bridgehead atoms. The van der Waals surface area contributed by atoms with Crippen molar-refractivity contribution in [1.82, 2.24) is 4.98 Å². The SMILES string of the molecule is CSc1ccc2cc(Cl)ncc2c1. The van der Waals surface area contributed by atoms with Crippen LogP contribution in [0.25, 0.3) is 10.8 Å². The van der Waals surface area contributed by atoms with E-state index in [4.69, 9.17) is 11.6 Å². The van der Waals surface area contributed by atoms with E-state index in [0.717, 1.165) is 10.8 Å². The summed E-state index contributed by atoms with van der Waals surface area (Å²) in [5.74, 6) is 0. The topological polar surface area (TPSA) is 12.9 Å². The maximum atomic E-state index is 5.78. The first-order valence-electron chi connectivity index (χ1n) is 3.89. The minimum Gasteiger partial charge on any atom is -0.244 e. The monoisotopic (exact) mass is 209 g/mol. The lowest BCUT2D eigenvalue weighted by atomic mass is 10.2. The van der Waals surface area contributed by atoms with Crippen molar-refractivity contribution in [2.75, 3.05) is 6.26 Å². The Hall–Kier alpha value is -0.730. The second-order valence-electron chi connectivity index (χ2n) is 2.72. The van der Waals surface area contributed by atoms with E-state index in [0.29, 0.717) is 5.15 Å². The molecule has 2 rings (SSSR count).